The first kappa shape index (κ1) is 13.6. The summed E-state index contributed by atoms with van der Waals surface area (Å²) in [5.41, 5.74) is 7.93. The second-order valence-electron chi connectivity index (χ2n) is 4.70. The van der Waals surface area contributed by atoms with Gasteiger partial charge < -0.3 is 10.5 Å². The topological polar surface area (TPSA) is 81.8 Å². The third-order valence-electron chi connectivity index (χ3n) is 3.29. The summed E-state index contributed by atoms with van der Waals surface area (Å²) >= 11 is 0. The van der Waals surface area contributed by atoms with Crippen LogP contribution in [0.15, 0.2) is 51.8 Å². The van der Waals surface area contributed by atoms with Crippen molar-refractivity contribution < 1.29 is 13.2 Å². The molecule has 2 aromatic rings. The number of rotatable bonds is 2. The SMILES string of the molecule is CCc1ccc(OC2=NS(=O)(=O)c3ccccc32)c(N)c1. The Kier molecular flexibility index (Phi) is 3.17. The van der Waals surface area contributed by atoms with Gasteiger partial charge >= 0.3 is 0 Å². The molecule has 5 nitrogen and oxygen atoms in total. The van der Waals surface area contributed by atoms with Crippen molar-refractivity contribution in [3.63, 3.8) is 0 Å². The van der Waals surface area contributed by atoms with Gasteiger partial charge in [0.15, 0.2) is 5.75 Å². The van der Waals surface area contributed by atoms with Crippen LogP contribution >= 0.6 is 0 Å². The van der Waals surface area contributed by atoms with E-state index in [2.05, 4.69) is 4.40 Å². The highest BCUT2D eigenvalue weighted by Gasteiger charge is 2.30. The molecule has 21 heavy (non-hydrogen) atoms. The minimum atomic E-state index is -3.68. The monoisotopic (exact) mass is 302 g/mol. The van der Waals surface area contributed by atoms with Gasteiger partial charge in [-0.05, 0) is 36.2 Å². The molecular weight excluding hydrogens is 288 g/mol. The fourth-order valence-electron chi connectivity index (χ4n) is 2.16. The lowest BCUT2D eigenvalue weighted by Gasteiger charge is -2.09. The predicted octanol–water partition coefficient (Wildman–Crippen LogP) is 2.36. The summed E-state index contributed by atoms with van der Waals surface area (Å²) in [6.45, 7) is 2.03. The van der Waals surface area contributed by atoms with Gasteiger partial charge in [-0.25, -0.2) is 0 Å². The van der Waals surface area contributed by atoms with Gasteiger partial charge in [0.2, 0.25) is 5.90 Å². The van der Waals surface area contributed by atoms with Gasteiger partial charge in [-0.2, -0.15) is 8.42 Å². The first-order chi connectivity index (χ1) is 10.0. The van der Waals surface area contributed by atoms with Gasteiger partial charge in [0.05, 0.1) is 11.3 Å². The molecule has 0 spiro atoms. The van der Waals surface area contributed by atoms with Crippen LogP contribution in [0.25, 0.3) is 0 Å². The van der Waals surface area contributed by atoms with E-state index in [1.165, 1.54) is 6.07 Å². The zero-order chi connectivity index (χ0) is 15.0. The maximum atomic E-state index is 11.9. The first-order valence-corrected chi connectivity index (χ1v) is 7.96. The van der Waals surface area contributed by atoms with Crippen molar-refractivity contribution >= 4 is 21.6 Å². The highest BCUT2D eigenvalue weighted by molar-refractivity contribution is 7.90. The molecule has 0 unspecified atom stereocenters. The van der Waals surface area contributed by atoms with Gasteiger partial charge in [-0.3, -0.25) is 0 Å². The summed E-state index contributed by atoms with van der Waals surface area (Å²) in [6, 6.07) is 12.0. The first-order valence-electron chi connectivity index (χ1n) is 6.52. The lowest BCUT2D eigenvalue weighted by molar-refractivity contribution is 0.556. The summed E-state index contributed by atoms with van der Waals surface area (Å²) < 4.78 is 33.2. The smallest absolute Gasteiger partial charge is 0.286 e. The van der Waals surface area contributed by atoms with Crippen LogP contribution < -0.4 is 10.5 Å². The van der Waals surface area contributed by atoms with Gasteiger partial charge in [0.25, 0.3) is 10.0 Å². The van der Waals surface area contributed by atoms with Crippen LogP contribution in [0.3, 0.4) is 0 Å². The Bertz CT molecular complexity index is 842. The Morgan fingerprint density at radius 1 is 1.19 bits per heavy atom. The Labute approximate surface area is 123 Å². The second kappa shape index (κ2) is 4.89. The van der Waals surface area contributed by atoms with E-state index in [0.29, 0.717) is 17.0 Å². The van der Waals surface area contributed by atoms with Crippen LogP contribution in [0.5, 0.6) is 5.75 Å². The number of hydrogen-bond donors (Lipinski definition) is 1. The van der Waals surface area contributed by atoms with E-state index in [9.17, 15) is 8.42 Å². The minimum Gasteiger partial charge on any atom is -0.435 e. The predicted molar refractivity (Wildman–Crippen MR) is 81.0 cm³/mol. The van der Waals surface area contributed by atoms with Crippen LogP contribution in [-0.4, -0.2) is 14.3 Å². The molecule has 0 bridgehead atoms. The molecule has 108 valence electrons. The normalized spacial score (nSPS) is 15.4. The maximum absolute atomic E-state index is 11.9. The molecule has 1 aliphatic heterocycles. The summed E-state index contributed by atoms with van der Waals surface area (Å²) in [6.07, 6.45) is 0.864. The van der Waals surface area contributed by atoms with Crippen molar-refractivity contribution in [1.82, 2.24) is 0 Å². The number of nitrogens with two attached hydrogens (primary N) is 1. The van der Waals surface area contributed by atoms with Crippen molar-refractivity contribution in [2.45, 2.75) is 18.2 Å². The van der Waals surface area contributed by atoms with Crippen molar-refractivity contribution in [2.24, 2.45) is 4.40 Å². The van der Waals surface area contributed by atoms with Crippen LogP contribution in [0, 0.1) is 0 Å². The van der Waals surface area contributed by atoms with E-state index in [1.807, 2.05) is 19.1 Å². The van der Waals surface area contributed by atoms with E-state index in [1.54, 1.807) is 24.3 Å². The number of anilines is 1. The van der Waals surface area contributed by atoms with Crippen molar-refractivity contribution in [3.8, 4) is 5.75 Å². The van der Waals surface area contributed by atoms with Gasteiger partial charge in [0.1, 0.15) is 4.90 Å². The number of sulfonamides is 1. The Morgan fingerprint density at radius 2 is 1.95 bits per heavy atom. The number of benzene rings is 2. The largest absolute Gasteiger partial charge is 0.435 e. The molecule has 1 heterocycles. The number of ether oxygens (including phenoxy) is 1. The standard InChI is InChI=1S/C15H14N2O3S/c1-2-10-7-8-13(12(16)9-10)20-15-11-5-3-4-6-14(11)21(18,19)17-15/h3-9H,2,16H2,1H3. The van der Waals surface area contributed by atoms with E-state index >= 15 is 0 Å². The molecule has 0 saturated heterocycles. The molecular formula is C15H14N2O3S. The van der Waals surface area contributed by atoms with Gasteiger partial charge in [-0.15, -0.1) is 4.40 Å². The molecule has 0 fully saturated rings. The average Bonchev–Trinajstić information content (AvgIpc) is 2.73. The van der Waals surface area contributed by atoms with E-state index in [0.717, 1.165) is 12.0 Å². The number of fused-ring (bicyclic) bond motifs is 1. The van der Waals surface area contributed by atoms with E-state index in [4.69, 9.17) is 10.5 Å². The highest BCUT2D eigenvalue weighted by atomic mass is 32.2. The fourth-order valence-corrected chi connectivity index (χ4v) is 3.30. The number of hydrogen-bond acceptors (Lipinski definition) is 4. The molecule has 0 atom stereocenters. The molecule has 0 aromatic heterocycles. The lowest BCUT2D eigenvalue weighted by Crippen LogP contribution is -2.09. The quantitative estimate of drug-likeness (QED) is 0.863. The Hall–Kier alpha value is -2.34. The molecule has 2 aromatic carbocycles. The zero-order valence-electron chi connectivity index (χ0n) is 11.4. The molecule has 0 amide bonds. The number of nitrogens with zero attached hydrogens (tertiary/aromatic N) is 1. The summed E-state index contributed by atoms with van der Waals surface area (Å²) in [5, 5.41) is 0. The molecule has 2 N–H and O–H groups in total. The molecule has 0 radical (unpaired) electrons. The van der Waals surface area contributed by atoms with Gasteiger partial charge in [-0.1, -0.05) is 25.1 Å². The van der Waals surface area contributed by atoms with Crippen LogP contribution in [0.2, 0.25) is 0 Å². The van der Waals surface area contributed by atoms with Crippen molar-refractivity contribution in [2.75, 3.05) is 5.73 Å². The van der Waals surface area contributed by atoms with Crippen molar-refractivity contribution in [3.05, 3.63) is 53.6 Å². The summed E-state index contributed by atoms with van der Waals surface area (Å²) in [5.74, 6) is 0.458. The summed E-state index contributed by atoms with van der Waals surface area (Å²) in [4.78, 5) is 0.156. The van der Waals surface area contributed by atoms with Crippen LogP contribution in [-0.2, 0) is 16.4 Å². The maximum Gasteiger partial charge on any atom is 0.286 e. The fraction of sp³-hybridized carbons (Fsp3) is 0.133. The van der Waals surface area contributed by atoms with Crippen molar-refractivity contribution in [1.29, 1.82) is 0 Å². The molecule has 3 rings (SSSR count). The van der Waals surface area contributed by atoms with E-state index < -0.39 is 10.0 Å². The zero-order valence-corrected chi connectivity index (χ0v) is 12.2. The average molecular weight is 302 g/mol. The number of nitrogen functional groups attached to an aromatic ring is 1. The van der Waals surface area contributed by atoms with E-state index in [-0.39, 0.29) is 10.8 Å². The minimum absolute atomic E-state index is 0.0570. The number of aryl methyl sites for hydroxylation is 1. The molecule has 6 heteroatoms. The molecule has 0 saturated carbocycles. The Morgan fingerprint density at radius 3 is 2.67 bits per heavy atom. The van der Waals surface area contributed by atoms with Crippen LogP contribution in [0.4, 0.5) is 5.69 Å². The third-order valence-corrected chi connectivity index (χ3v) is 4.61. The molecule has 0 aliphatic carbocycles. The van der Waals surface area contributed by atoms with Gasteiger partial charge in [0, 0.05) is 0 Å². The lowest BCUT2D eigenvalue weighted by atomic mass is 10.1. The summed E-state index contributed by atoms with van der Waals surface area (Å²) in [7, 11) is -3.68. The Balaban J connectivity index is 2.00. The molecule has 1 aliphatic rings. The second-order valence-corrected chi connectivity index (χ2v) is 6.27. The third kappa shape index (κ3) is 2.38. The highest BCUT2D eigenvalue weighted by Crippen LogP contribution is 2.30. The van der Waals surface area contributed by atoms with Crippen LogP contribution in [0.1, 0.15) is 18.1 Å².